The molecule has 0 saturated heterocycles. The summed E-state index contributed by atoms with van der Waals surface area (Å²) in [5.74, 6) is 0.507. The molecule has 30 heavy (non-hydrogen) atoms. The topological polar surface area (TPSA) is 70.7 Å². The lowest BCUT2D eigenvalue weighted by atomic mass is 10.2. The van der Waals surface area contributed by atoms with Crippen molar-refractivity contribution in [2.24, 2.45) is 0 Å². The first-order valence-electron chi connectivity index (χ1n) is 10.6. The average molecular weight is 412 g/mol. The number of nitrogens with zero attached hydrogens (tertiary/aromatic N) is 1. The van der Waals surface area contributed by atoms with E-state index in [1.165, 1.54) is 30.6 Å². The number of anilines is 2. The summed E-state index contributed by atoms with van der Waals surface area (Å²) in [5, 5.41) is 5.93. The highest BCUT2D eigenvalue weighted by Crippen LogP contribution is 2.18. The highest BCUT2D eigenvalue weighted by atomic mass is 16.5. The first kappa shape index (κ1) is 23.3. The first-order valence-corrected chi connectivity index (χ1v) is 10.6. The van der Waals surface area contributed by atoms with Gasteiger partial charge in [0, 0.05) is 37.1 Å². The molecule has 6 nitrogen and oxygen atoms in total. The van der Waals surface area contributed by atoms with Crippen molar-refractivity contribution < 1.29 is 14.3 Å². The fourth-order valence-electron chi connectivity index (χ4n) is 2.97. The molecular formula is C24H33N3O3. The number of nitrogens with one attached hydrogen (secondary N) is 2. The summed E-state index contributed by atoms with van der Waals surface area (Å²) in [5.41, 5.74) is 1.99. The van der Waals surface area contributed by atoms with Crippen LogP contribution in [-0.4, -0.2) is 44.0 Å². The summed E-state index contributed by atoms with van der Waals surface area (Å²) in [6, 6.07) is 14.5. The van der Waals surface area contributed by atoms with Gasteiger partial charge in [-0.15, -0.1) is 0 Å². The lowest BCUT2D eigenvalue weighted by molar-refractivity contribution is -0.114. The molecule has 0 aromatic heterocycles. The van der Waals surface area contributed by atoms with Crippen LogP contribution in [0, 0.1) is 0 Å². The third-order valence-electron chi connectivity index (χ3n) is 4.60. The Kier molecular flexibility index (Phi) is 9.71. The maximum absolute atomic E-state index is 12.3. The van der Waals surface area contributed by atoms with Gasteiger partial charge in [-0.25, -0.2) is 0 Å². The van der Waals surface area contributed by atoms with Crippen LogP contribution in [0.4, 0.5) is 11.4 Å². The molecule has 0 aliphatic carbocycles. The molecule has 2 N–H and O–H groups in total. The van der Waals surface area contributed by atoms with Crippen molar-refractivity contribution in [1.82, 2.24) is 4.90 Å². The van der Waals surface area contributed by atoms with Gasteiger partial charge in [-0.05, 0) is 36.8 Å². The maximum Gasteiger partial charge on any atom is 0.253 e. The van der Waals surface area contributed by atoms with Crippen LogP contribution in [-0.2, 0) is 4.79 Å². The van der Waals surface area contributed by atoms with E-state index in [0.29, 0.717) is 17.9 Å². The highest BCUT2D eigenvalue weighted by molar-refractivity contribution is 5.96. The van der Waals surface area contributed by atoms with Gasteiger partial charge in [0.25, 0.3) is 5.91 Å². The molecule has 0 aliphatic heterocycles. The zero-order chi connectivity index (χ0) is 21.8. The molecule has 2 amide bonds. The van der Waals surface area contributed by atoms with Gasteiger partial charge < -0.3 is 20.3 Å². The van der Waals surface area contributed by atoms with Gasteiger partial charge in [0.2, 0.25) is 5.91 Å². The Hall–Kier alpha value is -3.02. The Morgan fingerprint density at radius 1 is 0.933 bits per heavy atom. The molecule has 0 spiro atoms. The van der Waals surface area contributed by atoms with E-state index in [0.717, 1.165) is 17.9 Å². The summed E-state index contributed by atoms with van der Waals surface area (Å²) in [7, 11) is 3.42. The molecule has 0 saturated carbocycles. The fraction of sp³-hybridized carbons (Fsp3) is 0.417. The van der Waals surface area contributed by atoms with E-state index >= 15 is 0 Å². The standard InChI is InChI=1S/C24H33N3O3/c1-4-5-6-7-8-15-30-22-14-10-13-21(17-22)26-23(28)18-25-20-12-9-11-19(16-20)24(29)27(2)3/h9-14,16-17,25H,4-8,15,18H2,1-3H3,(H,26,28). The minimum atomic E-state index is -0.170. The molecule has 2 rings (SSSR count). The van der Waals surface area contributed by atoms with Gasteiger partial charge >= 0.3 is 0 Å². The van der Waals surface area contributed by atoms with Gasteiger partial charge in [0.05, 0.1) is 13.2 Å². The monoisotopic (exact) mass is 411 g/mol. The SMILES string of the molecule is CCCCCCCOc1cccc(NC(=O)CNc2cccc(C(=O)N(C)C)c2)c1. The normalized spacial score (nSPS) is 10.4. The molecule has 162 valence electrons. The average Bonchev–Trinajstić information content (AvgIpc) is 2.74. The summed E-state index contributed by atoms with van der Waals surface area (Å²) in [4.78, 5) is 25.9. The zero-order valence-corrected chi connectivity index (χ0v) is 18.2. The van der Waals surface area contributed by atoms with Crippen LogP contribution < -0.4 is 15.4 Å². The van der Waals surface area contributed by atoms with Crippen molar-refractivity contribution in [2.75, 3.05) is 37.9 Å². The molecule has 0 aliphatic rings. The number of rotatable bonds is 12. The van der Waals surface area contributed by atoms with E-state index in [9.17, 15) is 9.59 Å². The van der Waals surface area contributed by atoms with Crippen molar-refractivity contribution in [3.05, 3.63) is 54.1 Å². The molecule has 0 fully saturated rings. The third-order valence-corrected chi connectivity index (χ3v) is 4.60. The maximum atomic E-state index is 12.3. The van der Waals surface area contributed by atoms with Gasteiger partial charge in [-0.2, -0.15) is 0 Å². The third kappa shape index (κ3) is 8.15. The summed E-state index contributed by atoms with van der Waals surface area (Å²) < 4.78 is 5.79. The van der Waals surface area contributed by atoms with Crippen molar-refractivity contribution >= 4 is 23.2 Å². The van der Waals surface area contributed by atoms with Crippen molar-refractivity contribution in [3.63, 3.8) is 0 Å². The van der Waals surface area contributed by atoms with Crippen LogP contribution in [0.25, 0.3) is 0 Å². The van der Waals surface area contributed by atoms with Gasteiger partial charge in [0.15, 0.2) is 0 Å². The largest absolute Gasteiger partial charge is 0.494 e. The Morgan fingerprint density at radius 3 is 2.43 bits per heavy atom. The van der Waals surface area contributed by atoms with Crippen LogP contribution in [0.1, 0.15) is 49.4 Å². The van der Waals surface area contributed by atoms with Crippen LogP contribution in [0.3, 0.4) is 0 Å². The first-order chi connectivity index (χ1) is 14.5. The Labute approximate surface area is 179 Å². The van der Waals surface area contributed by atoms with E-state index in [2.05, 4.69) is 17.6 Å². The number of hydrogen-bond acceptors (Lipinski definition) is 4. The zero-order valence-electron chi connectivity index (χ0n) is 18.2. The van der Waals surface area contributed by atoms with Crippen LogP contribution in [0.2, 0.25) is 0 Å². The summed E-state index contributed by atoms with van der Waals surface area (Å²) in [6.45, 7) is 2.99. The van der Waals surface area contributed by atoms with Gasteiger partial charge in [-0.3, -0.25) is 9.59 Å². The number of unbranched alkanes of at least 4 members (excludes halogenated alkanes) is 4. The molecule has 6 heteroatoms. The van der Waals surface area contributed by atoms with Crippen molar-refractivity contribution in [1.29, 1.82) is 0 Å². The fourth-order valence-corrected chi connectivity index (χ4v) is 2.97. The van der Waals surface area contributed by atoms with Gasteiger partial charge in [0.1, 0.15) is 5.75 Å². The second kappa shape index (κ2) is 12.5. The van der Waals surface area contributed by atoms with Crippen LogP contribution in [0.5, 0.6) is 5.75 Å². The minimum Gasteiger partial charge on any atom is -0.494 e. The van der Waals surface area contributed by atoms with Crippen LogP contribution in [0.15, 0.2) is 48.5 Å². The second-order valence-corrected chi connectivity index (χ2v) is 7.47. The number of benzene rings is 2. The molecular weight excluding hydrogens is 378 g/mol. The summed E-state index contributed by atoms with van der Waals surface area (Å²) in [6.07, 6.45) is 5.96. The van der Waals surface area contributed by atoms with E-state index in [-0.39, 0.29) is 18.4 Å². The van der Waals surface area contributed by atoms with E-state index < -0.39 is 0 Å². The molecule has 2 aromatic rings. The summed E-state index contributed by atoms with van der Waals surface area (Å²) >= 11 is 0. The number of carbonyl (C=O) groups is 2. The molecule has 2 aromatic carbocycles. The quantitative estimate of drug-likeness (QED) is 0.493. The lowest BCUT2D eigenvalue weighted by Crippen LogP contribution is -2.23. The molecule has 0 heterocycles. The minimum absolute atomic E-state index is 0.0784. The lowest BCUT2D eigenvalue weighted by Gasteiger charge is -2.12. The molecule has 0 radical (unpaired) electrons. The number of carbonyl (C=O) groups excluding carboxylic acids is 2. The predicted octanol–water partition coefficient (Wildman–Crippen LogP) is 4.79. The van der Waals surface area contributed by atoms with Gasteiger partial charge in [-0.1, -0.05) is 44.7 Å². The van der Waals surface area contributed by atoms with E-state index in [1.54, 1.807) is 32.3 Å². The number of hydrogen-bond donors (Lipinski definition) is 2. The van der Waals surface area contributed by atoms with Crippen molar-refractivity contribution in [3.8, 4) is 5.75 Å². The smallest absolute Gasteiger partial charge is 0.253 e. The Balaban J connectivity index is 1.80. The predicted molar refractivity (Wildman–Crippen MR) is 122 cm³/mol. The van der Waals surface area contributed by atoms with E-state index in [1.807, 2.05) is 30.3 Å². The molecule has 0 bridgehead atoms. The number of ether oxygens (including phenoxy) is 1. The van der Waals surface area contributed by atoms with Crippen LogP contribution >= 0.6 is 0 Å². The van der Waals surface area contributed by atoms with Crippen molar-refractivity contribution in [2.45, 2.75) is 39.0 Å². The highest BCUT2D eigenvalue weighted by Gasteiger charge is 2.09. The molecule has 0 unspecified atom stereocenters. The second-order valence-electron chi connectivity index (χ2n) is 7.47. The Morgan fingerprint density at radius 2 is 1.67 bits per heavy atom. The molecule has 0 atom stereocenters. The Bertz CT molecular complexity index is 821. The number of amides is 2. The van der Waals surface area contributed by atoms with E-state index in [4.69, 9.17) is 4.74 Å².